The minimum Gasteiger partial charge on any atom is -0.486 e. The van der Waals surface area contributed by atoms with Crippen LogP contribution in [-0.4, -0.2) is 13.2 Å². The second-order valence-electron chi connectivity index (χ2n) is 4.91. The first kappa shape index (κ1) is 13.3. The van der Waals surface area contributed by atoms with Gasteiger partial charge in [0, 0.05) is 11.1 Å². The Morgan fingerprint density at radius 2 is 1.65 bits per heavy atom. The lowest BCUT2D eigenvalue weighted by atomic mass is 9.98. The highest BCUT2D eigenvalue weighted by atomic mass is 35.5. The average Bonchev–Trinajstić information content (AvgIpc) is 2.46. The Hall–Kier alpha value is -1.71. The third-order valence-corrected chi connectivity index (χ3v) is 3.76. The van der Waals surface area contributed by atoms with E-state index in [4.69, 9.17) is 26.8 Å². The smallest absolute Gasteiger partial charge is 0.162 e. The van der Waals surface area contributed by atoms with E-state index in [-0.39, 0.29) is 6.04 Å². The van der Waals surface area contributed by atoms with Gasteiger partial charge in [-0.1, -0.05) is 41.4 Å². The molecule has 3 nitrogen and oxygen atoms in total. The van der Waals surface area contributed by atoms with E-state index in [2.05, 4.69) is 0 Å². The molecule has 3 rings (SSSR count). The number of benzene rings is 2. The molecular weight excluding hydrogens is 274 g/mol. The number of ether oxygens (including phenoxy) is 2. The zero-order valence-electron chi connectivity index (χ0n) is 11.2. The monoisotopic (exact) mass is 289 g/mol. The molecule has 0 aliphatic carbocycles. The van der Waals surface area contributed by atoms with Crippen molar-refractivity contribution >= 4 is 11.6 Å². The van der Waals surface area contributed by atoms with Crippen LogP contribution in [0.15, 0.2) is 36.4 Å². The molecule has 4 heteroatoms. The van der Waals surface area contributed by atoms with Crippen LogP contribution in [0.1, 0.15) is 22.7 Å². The number of nitrogens with two attached hydrogens (primary N) is 1. The molecule has 0 aromatic heterocycles. The van der Waals surface area contributed by atoms with E-state index in [0.29, 0.717) is 29.7 Å². The van der Waals surface area contributed by atoms with Crippen LogP contribution in [0.3, 0.4) is 0 Å². The van der Waals surface area contributed by atoms with Crippen LogP contribution in [0.25, 0.3) is 0 Å². The van der Waals surface area contributed by atoms with Gasteiger partial charge >= 0.3 is 0 Å². The number of aryl methyl sites for hydroxylation is 1. The lowest BCUT2D eigenvalue weighted by Crippen LogP contribution is -2.17. The number of hydrogen-bond donors (Lipinski definition) is 1. The molecule has 1 heterocycles. The van der Waals surface area contributed by atoms with Gasteiger partial charge < -0.3 is 15.2 Å². The van der Waals surface area contributed by atoms with Gasteiger partial charge in [-0.25, -0.2) is 0 Å². The van der Waals surface area contributed by atoms with Crippen LogP contribution < -0.4 is 15.2 Å². The van der Waals surface area contributed by atoms with Crippen molar-refractivity contribution in [2.45, 2.75) is 13.0 Å². The number of hydrogen-bond acceptors (Lipinski definition) is 3. The van der Waals surface area contributed by atoms with Gasteiger partial charge in [-0.15, -0.1) is 0 Å². The Bertz CT molecular complexity index is 625. The first-order valence-electron chi connectivity index (χ1n) is 6.56. The summed E-state index contributed by atoms with van der Waals surface area (Å²) in [6.45, 7) is 3.15. The normalized spacial score (nSPS) is 14.9. The molecule has 1 unspecified atom stereocenters. The van der Waals surface area contributed by atoms with Crippen LogP contribution in [0.2, 0.25) is 5.02 Å². The lowest BCUT2D eigenvalue weighted by molar-refractivity contribution is 0.171. The van der Waals surface area contributed by atoms with E-state index in [0.717, 1.165) is 11.1 Å². The van der Waals surface area contributed by atoms with Crippen molar-refractivity contribution in [2.75, 3.05) is 13.2 Å². The predicted octanol–water partition coefficient (Wildman–Crippen LogP) is 3.47. The van der Waals surface area contributed by atoms with Gasteiger partial charge in [0.1, 0.15) is 13.2 Å². The van der Waals surface area contributed by atoms with Gasteiger partial charge in [0.25, 0.3) is 0 Å². The van der Waals surface area contributed by atoms with Crippen LogP contribution in [0.5, 0.6) is 11.5 Å². The highest BCUT2D eigenvalue weighted by Crippen LogP contribution is 2.38. The minimum atomic E-state index is -0.279. The quantitative estimate of drug-likeness (QED) is 0.921. The summed E-state index contributed by atoms with van der Waals surface area (Å²) < 4.78 is 11.1. The molecule has 2 aromatic rings. The Morgan fingerprint density at radius 1 is 1.05 bits per heavy atom. The maximum atomic E-state index is 6.32. The fourth-order valence-electron chi connectivity index (χ4n) is 2.27. The summed E-state index contributed by atoms with van der Waals surface area (Å²) in [6, 6.07) is 11.5. The van der Waals surface area contributed by atoms with Crippen molar-refractivity contribution in [3.63, 3.8) is 0 Å². The fraction of sp³-hybridized carbons (Fsp3) is 0.250. The maximum absolute atomic E-state index is 6.32. The molecule has 0 saturated carbocycles. The number of halogens is 1. The molecule has 0 radical (unpaired) electrons. The van der Waals surface area contributed by atoms with Crippen molar-refractivity contribution in [2.24, 2.45) is 5.73 Å². The Kier molecular flexibility index (Phi) is 3.55. The molecule has 2 aromatic carbocycles. The van der Waals surface area contributed by atoms with E-state index in [1.165, 1.54) is 5.56 Å². The summed E-state index contributed by atoms with van der Waals surface area (Å²) in [5.41, 5.74) is 9.39. The van der Waals surface area contributed by atoms with E-state index < -0.39 is 0 Å². The van der Waals surface area contributed by atoms with E-state index in [9.17, 15) is 0 Å². The molecule has 104 valence electrons. The Labute approximate surface area is 123 Å². The van der Waals surface area contributed by atoms with Crippen molar-refractivity contribution in [1.82, 2.24) is 0 Å². The maximum Gasteiger partial charge on any atom is 0.162 e. The summed E-state index contributed by atoms with van der Waals surface area (Å²) in [4.78, 5) is 0. The summed E-state index contributed by atoms with van der Waals surface area (Å²) in [5, 5.41) is 0.599. The molecule has 0 fully saturated rings. The molecule has 0 spiro atoms. The summed E-state index contributed by atoms with van der Waals surface area (Å²) in [6.07, 6.45) is 0. The van der Waals surface area contributed by atoms with E-state index in [1.54, 1.807) is 6.07 Å². The van der Waals surface area contributed by atoms with E-state index in [1.807, 2.05) is 37.3 Å². The average molecular weight is 290 g/mol. The zero-order chi connectivity index (χ0) is 14.1. The summed E-state index contributed by atoms with van der Waals surface area (Å²) in [5.74, 6) is 1.39. The van der Waals surface area contributed by atoms with Crippen molar-refractivity contribution in [3.8, 4) is 11.5 Å². The Morgan fingerprint density at radius 3 is 2.30 bits per heavy atom. The van der Waals surface area contributed by atoms with Crippen LogP contribution in [-0.2, 0) is 0 Å². The SMILES string of the molecule is Cc1ccc(C(N)c2cc3c(cc2Cl)OCCO3)cc1. The first-order valence-corrected chi connectivity index (χ1v) is 6.94. The molecule has 20 heavy (non-hydrogen) atoms. The van der Waals surface area contributed by atoms with Crippen molar-refractivity contribution in [3.05, 3.63) is 58.1 Å². The lowest BCUT2D eigenvalue weighted by Gasteiger charge is -2.22. The molecule has 0 amide bonds. The Balaban J connectivity index is 1.98. The largest absolute Gasteiger partial charge is 0.486 e. The van der Waals surface area contributed by atoms with Crippen LogP contribution in [0, 0.1) is 6.92 Å². The second-order valence-corrected chi connectivity index (χ2v) is 5.31. The second kappa shape index (κ2) is 5.35. The van der Waals surface area contributed by atoms with Gasteiger partial charge in [0.05, 0.1) is 6.04 Å². The third kappa shape index (κ3) is 2.47. The minimum absolute atomic E-state index is 0.279. The third-order valence-electron chi connectivity index (χ3n) is 3.43. The standard InChI is InChI=1S/C16H16ClNO2/c1-10-2-4-11(5-3-10)16(18)12-8-14-15(9-13(12)17)20-7-6-19-14/h2-5,8-9,16H,6-7,18H2,1H3. The van der Waals surface area contributed by atoms with Crippen LogP contribution in [0.4, 0.5) is 0 Å². The zero-order valence-corrected chi connectivity index (χ0v) is 12.0. The molecule has 1 atom stereocenters. The van der Waals surface area contributed by atoms with Crippen LogP contribution >= 0.6 is 11.6 Å². The number of rotatable bonds is 2. The fourth-order valence-corrected chi connectivity index (χ4v) is 2.54. The van der Waals surface area contributed by atoms with Gasteiger partial charge in [0.15, 0.2) is 11.5 Å². The van der Waals surface area contributed by atoms with Crippen molar-refractivity contribution in [1.29, 1.82) is 0 Å². The predicted molar refractivity (Wildman–Crippen MR) is 79.7 cm³/mol. The first-order chi connectivity index (χ1) is 9.65. The molecule has 2 N–H and O–H groups in total. The highest BCUT2D eigenvalue weighted by molar-refractivity contribution is 6.31. The van der Waals surface area contributed by atoms with Gasteiger partial charge in [-0.2, -0.15) is 0 Å². The van der Waals surface area contributed by atoms with Gasteiger partial charge in [0.2, 0.25) is 0 Å². The molecule has 0 saturated heterocycles. The van der Waals surface area contributed by atoms with Gasteiger partial charge in [-0.05, 0) is 24.1 Å². The van der Waals surface area contributed by atoms with Gasteiger partial charge in [-0.3, -0.25) is 0 Å². The molecule has 1 aliphatic rings. The molecule has 1 aliphatic heterocycles. The van der Waals surface area contributed by atoms with E-state index >= 15 is 0 Å². The summed E-state index contributed by atoms with van der Waals surface area (Å²) in [7, 11) is 0. The molecule has 0 bridgehead atoms. The summed E-state index contributed by atoms with van der Waals surface area (Å²) >= 11 is 6.32. The molecular formula is C16H16ClNO2. The number of fused-ring (bicyclic) bond motifs is 1. The van der Waals surface area contributed by atoms with Crippen molar-refractivity contribution < 1.29 is 9.47 Å². The topological polar surface area (TPSA) is 44.5 Å². The highest BCUT2D eigenvalue weighted by Gasteiger charge is 2.19.